The lowest BCUT2D eigenvalue weighted by molar-refractivity contribution is -0.155. The Balaban J connectivity index is 2.99. The summed E-state index contributed by atoms with van der Waals surface area (Å²) in [5.74, 6) is -1.75. The van der Waals surface area contributed by atoms with E-state index in [-0.39, 0.29) is 36.2 Å². The molecule has 0 aromatic heterocycles. The molecule has 0 bridgehead atoms. The Labute approximate surface area is 156 Å². The van der Waals surface area contributed by atoms with Gasteiger partial charge in [-0.05, 0) is 25.2 Å². The zero-order valence-electron chi connectivity index (χ0n) is 16.4. The number of hydrogen-bond donors (Lipinski definition) is 2. The third kappa shape index (κ3) is 6.49. The molecular weight excluding hydrogens is 336 g/mol. The molecule has 1 aliphatic heterocycles. The van der Waals surface area contributed by atoms with Crippen LogP contribution in [-0.2, 0) is 19.1 Å². The maximum absolute atomic E-state index is 12.7. The average Bonchev–Trinajstić information content (AvgIpc) is 2.63. The van der Waals surface area contributed by atoms with Crippen LogP contribution in [0.4, 0.5) is 0 Å². The molecule has 0 amide bonds. The Morgan fingerprint density at radius 3 is 2.42 bits per heavy atom. The summed E-state index contributed by atoms with van der Waals surface area (Å²) in [7, 11) is 0. The lowest BCUT2D eigenvalue weighted by atomic mass is 9.83. The van der Waals surface area contributed by atoms with Crippen LogP contribution in [0.15, 0.2) is 12.7 Å². The van der Waals surface area contributed by atoms with Crippen molar-refractivity contribution < 1.29 is 29.3 Å². The van der Waals surface area contributed by atoms with Gasteiger partial charge in [-0.1, -0.05) is 33.8 Å². The predicted molar refractivity (Wildman–Crippen MR) is 98.4 cm³/mol. The molecule has 0 aromatic carbocycles. The summed E-state index contributed by atoms with van der Waals surface area (Å²) in [6.45, 7) is 11.0. The van der Waals surface area contributed by atoms with Crippen molar-refractivity contribution in [3.8, 4) is 0 Å². The van der Waals surface area contributed by atoms with Gasteiger partial charge in [-0.25, -0.2) is 0 Å². The molecule has 1 heterocycles. The van der Waals surface area contributed by atoms with E-state index in [1.165, 1.54) is 0 Å². The summed E-state index contributed by atoms with van der Waals surface area (Å²) < 4.78 is 11.0. The van der Waals surface area contributed by atoms with Crippen LogP contribution in [0.1, 0.15) is 47.0 Å². The molecule has 26 heavy (non-hydrogen) atoms. The number of Topliss-reactive ketones (excluding diaryl/α,β-unsaturated/α-hetero) is 1. The van der Waals surface area contributed by atoms with Crippen molar-refractivity contribution in [1.82, 2.24) is 0 Å². The molecule has 5 unspecified atom stereocenters. The van der Waals surface area contributed by atoms with E-state index in [9.17, 15) is 19.8 Å². The van der Waals surface area contributed by atoms with Crippen LogP contribution >= 0.6 is 0 Å². The second kappa shape index (κ2) is 10.8. The highest BCUT2D eigenvalue weighted by Gasteiger charge is 2.34. The number of aliphatic hydroxyl groups is 2. The highest BCUT2D eigenvalue weighted by Crippen LogP contribution is 2.26. The number of esters is 1. The van der Waals surface area contributed by atoms with Gasteiger partial charge in [0.15, 0.2) is 0 Å². The summed E-state index contributed by atoms with van der Waals surface area (Å²) in [6.07, 6.45) is 0.887. The van der Waals surface area contributed by atoms with Crippen molar-refractivity contribution >= 4 is 11.8 Å². The molecule has 1 rings (SSSR count). The molecule has 0 spiro atoms. The Morgan fingerprint density at radius 1 is 1.15 bits per heavy atom. The number of ether oxygens (including phenoxy) is 2. The van der Waals surface area contributed by atoms with E-state index in [2.05, 4.69) is 13.5 Å². The fourth-order valence-corrected chi connectivity index (χ4v) is 3.30. The second-order valence-electron chi connectivity index (χ2n) is 7.63. The van der Waals surface area contributed by atoms with E-state index in [1.807, 2.05) is 6.92 Å². The number of rotatable bonds is 3. The minimum Gasteiger partial charge on any atom is -0.463 e. The van der Waals surface area contributed by atoms with Crippen LogP contribution in [0.2, 0.25) is 0 Å². The highest BCUT2D eigenvalue weighted by atomic mass is 16.5. The highest BCUT2D eigenvalue weighted by molar-refractivity contribution is 5.83. The van der Waals surface area contributed by atoms with Crippen molar-refractivity contribution in [3.63, 3.8) is 0 Å². The minimum atomic E-state index is -1.29. The number of carbonyl (C=O) groups is 2. The molecule has 0 saturated carbocycles. The van der Waals surface area contributed by atoms with Gasteiger partial charge in [-0.3, -0.25) is 9.59 Å². The van der Waals surface area contributed by atoms with E-state index in [0.717, 1.165) is 6.42 Å². The van der Waals surface area contributed by atoms with Gasteiger partial charge >= 0.3 is 5.97 Å². The first-order chi connectivity index (χ1) is 12.2. The summed E-state index contributed by atoms with van der Waals surface area (Å²) >= 11 is 0. The first-order valence-electron chi connectivity index (χ1n) is 9.47. The molecule has 1 aliphatic rings. The maximum Gasteiger partial charge on any atom is 0.308 e. The van der Waals surface area contributed by atoms with E-state index >= 15 is 0 Å². The van der Waals surface area contributed by atoms with Crippen molar-refractivity contribution in [2.45, 2.75) is 65.3 Å². The maximum atomic E-state index is 12.7. The Morgan fingerprint density at radius 2 is 1.81 bits per heavy atom. The first-order valence-corrected chi connectivity index (χ1v) is 9.47. The largest absolute Gasteiger partial charge is 0.463 e. The van der Waals surface area contributed by atoms with Gasteiger partial charge in [-0.2, -0.15) is 0 Å². The monoisotopic (exact) mass is 370 g/mol. The second-order valence-corrected chi connectivity index (χ2v) is 7.63. The Hall–Kier alpha value is -1.24. The molecular formula is C20H34O6. The third-order valence-corrected chi connectivity index (χ3v) is 5.34. The van der Waals surface area contributed by atoms with Crippen molar-refractivity contribution in [3.05, 3.63) is 12.7 Å². The number of carbonyl (C=O) groups excluding carboxylic acids is 2. The van der Waals surface area contributed by atoms with Gasteiger partial charge < -0.3 is 19.7 Å². The van der Waals surface area contributed by atoms with Crippen LogP contribution in [0.3, 0.4) is 0 Å². The third-order valence-electron chi connectivity index (χ3n) is 5.34. The topological polar surface area (TPSA) is 93.1 Å². The van der Waals surface area contributed by atoms with E-state index in [0.29, 0.717) is 19.4 Å². The van der Waals surface area contributed by atoms with Gasteiger partial charge in [0.25, 0.3) is 0 Å². The smallest absolute Gasteiger partial charge is 0.308 e. The number of ketones is 1. The minimum absolute atomic E-state index is 0.132. The Kier molecular flexibility index (Phi) is 9.47. The van der Waals surface area contributed by atoms with Crippen molar-refractivity contribution in [2.24, 2.45) is 23.7 Å². The number of hydrogen-bond acceptors (Lipinski definition) is 6. The molecule has 6 nitrogen and oxygen atoms in total. The van der Waals surface area contributed by atoms with Gasteiger partial charge in [0.1, 0.15) is 18.5 Å². The van der Waals surface area contributed by atoms with Crippen LogP contribution in [0.5, 0.6) is 0 Å². The fourth-order valence-electron chi connectivity index (χ4n) is 3.30. The van der Waals surface area contributed by atoms with Crippen LogP contribution in [-0.4, -0.2) is 53.5 Å². The molecule has 0 aliphatic carbocycles. The summed E-state index contributed by atoms with van der Waals surface area (Å²) in [4.78, 5) is 24.7. The normalized spacial score (nSPS) is 38.3. The zero-order valence-corrected chi connectivity index (χ0v) is 16.4. The van der Waals surface area contributed by atoms with Crippen LogP contribution in [0.25, 0.3) is 0 Å². The zero-order chi connectivity index (χ0) is 19.9. The van der Waals surface area contributed by atoms with E-state index in [1.54, 1.807) is 19.9 Å². The van der Waals surface area contributed by atoms with E-state index in [4.69, 9.17) is 9.47 Å². The van der Waals surface area contributed by atoms with Crippen LogP contribution < -0.4 is 0 Å². The lowest BCUT2D eigenvalue weighted by Gasteiger charge is -2.30. The van der Waals surface area contributed by atoms with E-state index < -0.39 is 24.1 Å². The lowest BCUT2D eigenvalue weighted by Crippen LogP contribution is -2.42. The summed E-state index contributed by atoms with van der Waals surface area (Å²) in [5.41, 5.74) is 0. The van der Waals surface area contributed by atoms with Gasteiger partial charge in [-0.15, -0.1) is 6.58 Å². The number of aliphatic hydroxyl groups excluding tert-OH is 2. The SMILES string of the molecule is C=CCOC1C[C@@H](C)C(=O)C(C)C(O)C(O)COC(=O)C(C)CC[C@H]1C. The molecule has 1 saturated heterocycles. The van der Waals surface area contributed by atoms with Gasteiger partial charge in [0.05, 0.1) is 24.7 Å². The molecule has 7 atom stereocenters. The molecule has 6 heteroatoms. The Bertz CT molecular complexity index is 477. The van der Waals surface area contributed by atoms with Gasteiger partial charge in [0.2, 0.25) is 0 Å². The van der Waals surface area contributed by atoms with Crippen LogP contribution in [0, 0.1) is 23.7 Å². The summed E-state index contributed by atoms with van der Waals surface area (Å²) in [5, 5.41) is 20.3. The average molecular weight is 370 g/mol. The quantitative estimate of drug-likeness (QED) is 0.584. The van der Waals surface area contributed by atoms with Gasteiger partial charge in [0, 0.05) is 11.8 Å². The predicted octanol–water partition coefficient (Wildman–Crippen LogP) is 2.12. The first kappa shape index (κ1) is 22.8. The summed E-state index contributed by atoms with van der Waals surface area (Å²) in [6, 6.07) is 0. The van der Waals surface area contributed by atoms with Crippen molar-refractivity contribution in [2.75, 3.05) is 13.2 Å². The fraction of sp³-hybridized carbons (Fsp3) is 0.800. The standard InChI is InChI=1S/C20H34O6/c1-6-9-25-17-10-14(4)18(22)15(5)19(23)16(21)11-26-20(24)13(3)8-7-12(17)2/h6,12-17,19,21,23H,1,7-11H2,2-5H3/t12-,13?,14-,15?,16?,17?,19?/m1/s1. The molecule has 150 valence electrons. The molecule has 0 aromatic rings. The molecule has 2 N–H and O–H groups in total. The number of cyclic esters (lactones) is 1. The molecule has 1 fully saturated rings. The molecule has 0 radical (unpaired) electrons. The van der Waals surface area contributed by atoms with Crippen molar-refractivity contribution in [1.29, 1.82) is 0 Å².